The number of anilines is 3. The molecule has 186 valence electrons. The van der Waals surface area contributed by atoms with E-state index >= 15 is 0 Å². The van der Waals surface area contributed by atoms with Gasteiger partial charge < -0.3 is 0 Å². The molecule has 0 fully saturated rings. The Morgan fingerprint density at radius 2 is 2.06 bits per heavy atom. The molecule has 9 heteroatoms. The van der Waals surface area contributed by atoms with Crippen molar-refractivity contribution in [3.8, 4) is 17.0 Å². The van der Waals surface area contributed by atoms with Gasteiger partial charge >= 0.3 is 215 Å². The number of ether oxygens (including phenoxy) is 1. The van der Waals surface area contributed by atoms with Gasteiger partial charge in [0, 0.05) is 0 Å². The van der Waals surface area contributed by atoms with Gasteiger partial charge in [-0.15, -0.1) is 0 Å². The van der Waals surface area contributed by atoms with Crippen LogP contribution in [0.25, 0.3) is 11.3 Å². The number of fused-ring (bicyclic) bond motifs is 3. The molecule has 5 rings (SSSR count). The molecule has 4 heterocycles. The number of hydrogen-bond donors (Lipinski definition) is 4. The fourth-order valence-corrected chi connectivity index (χ4v) is 8.37. The van der Waals surface area contributed by atoms with E-state index in [0.29, 0.717) is 35.3 Å². The maximum atomic E-state index is 14.5. The molecule has 1 aromatic carbocycles. The van der Waals surface area contributed by atoms with Crippen LogP contribution in [0.5, 0.6) is 5.75 Å². The van der Waals surface area contributed by atoms with Crippen molar-refractivity contribution in [3.05, 3.63) is 53.7 Å². The second-order valence-electron chi connectivity index (χ2n) is 9.19. The summed E-state index contributed by atoms with van der Waals surface area (Å²) in [5.41, 5.74) is 5.26. The van der Waals surface area contributed by atoms with Crippen LogP contribution in [-0.4, -0.2) is 40.5 Å². The van der Waals surface area contributed by atoms with Crippen molar-refractivity contribution in [3.63, 3.8) is 0 Å². The topological polar surface area (TPSA) is 91.1 Å². The third kappa shape index (κ3) is 4.57. The third-order valence-electron chi connectivity index (χ3n) is 6.94. The molecule has 2 aliphatic heterocycles. The fraction of sp³-hybridized carbons (Fsp3) is 0.385. The van der Waals surface area contributed by atoms with Crippen LogP contribution in [0.2, 0.25) is 0 Å². The number of carbonyl (C=O) groups excluding carboxylic acids is 1. The van der Waals surface area contributed by atoms with Crippen molar-refractivity contribution in [2.24, 2.45) is 11.8 Å². The van der Waals surface area contributed by atoms with Gasteiger partial charge in [-0.2, -0.15) is 0 Å². The molecule has 4 N–H and O–H groups in total. The number of carbonyl (C=O) groups is 1. The number of hydrogen-bond acceptors (Lipinski definition) is 5. The summed E-state index contributed by atoms with van der Waals surface area (Å²) in [6, 6.07) is 6.68. The van der Waals surface area contributed by atoms with Gasteiger partial charge in [-0.25, -0.2) is 0 Å². The summed E-state index contributed by atoms with van der Waals surface area (Å²) in [5.74, 6) is 0.741. The summed E-state index contributed by atoms with van der Waals surface area (Å²) in [6.07, 6.45) is 4.65. The summed E-state index contributed by atoms with van der Waals surface area (Å²) in [7, 11) is 1.44. The van der Waals surface area contributed by atoms with E-state index in [-0.39, 0.29) is 36.8 Å². The number of aromatic nitrogens is 2. The van der Waals surface area contributed by atoms with Gasteiger partial charge in [0.2, 0.25) is 0 Å². The summed E-state index contributed by atoms with van der Waals surface area (Å²) < 4.78 is 21.3. The van der Waals surface area contributed by atoms with Crippen LogP contribution >= 0.6 is 0 Å². The van der Waals surface area contributed by atoms with Gasteiger partial charge in [-0.05, 0) is 0 Å². The first kappa shape index (κ1) is 23.9. The zero-order valence-electron chi connectivity index (χ0n) is 20.0. The second-order valence-corrected chi connectivity index (χ2v) is 12.5. The van der Waals surface area contributed by atoms with E-state index < -0.39 is 5.82 Å². The van der Waals surface area contributed by atoms with E-state index in [4.69, 9.17) is 4.74 Å². The summed E-state index contributed by atoms with van der Waals surface area (Å²) in [4.78, 5) is 21.2. The first-order valence-electron chi connectivity index (χ1n) is 11.9. The molecule has 0 radical (unpaired) electrons. The van der Waals surface area contributed by atoms with E-state index in [9.17, 15) is 9.18 Å². The van der Waals surface area contributed by atoms with Crippen molar-refractivity contribution in [1.82, 2.24) is 15.3 Å². The number of para-hydroxylation sites is 1. The number of rotatable bonds is 3. The van der Waals surface area contributed by atoms with Crippen LogP contribution in [0.4, 0.5) is 21.5 Å². The normalized spacial score (nSPS) is 22.2. The Bertz CT molecular complexity index is 1250. The first-order chi connectivity index (χ1) is 17.0. The molecular weight excluding hydrogens is 560 g/mol. The van der Waals surface area contributed by atoms with Crippen LogP contribution in [0, 0.1) is 17.7 Å². The molecule has 2 aromatic heterocycles. The van der Waals surface area contributed by atoms with Gasteiger partial charge in [0.25, 0.3) is 0 Å². The van der Waals surface area contributed by atoms with E-state index in [2.05, 4.69) is 39.8 Å². The van der Waals surface area contributed by atoms with Gasteiger partial charge in [-0.3, -0.25) is 0 Å². The standard InChI is InChI=1S/C26H30FIN5O2/c1-14-7-10-30-20-13-29-9-8-16(20)22-24(32-19-6-4-5-17(27)25(19)35-3)21-23(33-22)18(12-31-26(21)34)28-11-15(14)2/h4-6,8-9,13-15,18,30,32-33H,7,10-12H2,1-3H3,(H,31,34)/q-1/t14?,15?,18-/m1/s1. The average Bonchev–Trinajstić information content (AvgIpc) is 3.23. The predicted octanol–water partition coefficient (Wildman–Crippen LogP) is 1.93. The van der Waals surface area contributed by atoms with Crippen molar-refractivity contribution >= 4 is 23.0 Å². The molecule has 0 saturated carbocycles. The van der Waals surface area contributed by atoms with Gasteiger partial charge in [0.1, 0.15) is 0 Å². The first-order valence-corrected chi connectivity index (χ1v) is 14.6. The maximum absolute atomic E-state index is 14.5. The zero-order valence-corrected chi connectivity index (χ0v) is 22.2. The monoisotopic (exact) mass is 590 g/mol. The Balaban J connectivity index is 1.70. The molecule has 35 heavy (non-hydrogen) atoms. The fourth-order valence-electron chi connectivity index (χ4n) is 4.64. The number of halogens is 2. The Kier molecular flexibility index (Phi) is 6.86. The number of methoxy groups -OCH3 is 1. The van der Waals surface area contributed by atoms with Gasteiger partial charge in [0.15, 0.2) is 0 Å². The van der Waals surface area contributed by atoms with Crippen molar-refractivity contribution in [2.75, 3.05) is 35.3 Å². The minimum absolute atomic E-state index is 0.110. The zero-order chi connectivity index (χ0) is 24.5. The molecule has 2 aliphatic rings. The molecular formula is C26H30FIN5O2-. The summed E-state index contributed by atoms with van der Waals surface area (Å²) >= 11 is -0.209. The van der Waals surface area contributed by atoms with Crippen molar-refractivity contribution < 1.29 is 35.1 Å². The van der Waals surface area contributed by atoms with E-state index in [1.165, 1.54) is 17.6 Å². The molecule has 0 saturated heterocycles. The summed E-state index contributed by atoms with van der Waals surface area (Å²) in [6.45, 7) is 6.15. The molecule has 7 nitrogen and oxygen atoms in total. The van der Waals surface area contributed by atoms with Crippen molar-refractivity contribution in [2.45, 2.75) is 24.2 Å². The Morgan fingerprint density at radius 3 is 2.89 bits per heavy atom. The Hall–Kier alpha value is -2.82. The van der Waals surface area contributed by atoms with Crippen molar-refractivity contribution in [1.29, 1.82) is 0 Å². The number of nitrogens with zero attached hydrogens (tertiary/aromatic N) is 1. The molecule has 3 atom stereocenters. The summed E-state index contributed by atoms with van der Waals surface area (Å²) in [5, 5.41) is 10.0. The third-order valence-corrected chi connectivity index (χ3v) is 11.0. The van der Waals surface area contributed by atoms with Gasteiger partial charge in [0.05, 0.1) is 0 Å². The van der Waals surface area contributed by atoms with E-state index in [1.54, 1.807) is 18.3 Å². The van der Waals surface area contributed by atoms with Crippen LogP contribution in [-0.2, 0) is 0 Å². The molecule has 0 spiro atoms. The molecule has 2 bridgehead atoms. The molecule has 0 aliphatic carbocycles. The number of pyridine rings is 1. The number of nitrogens with one attached hydrogen (secondary N) is 4. The minimum atomic E-state index is -0.465. The Labute approximate surface area is 214 Å². The number of alkyl halides is 2. The van der Waals surface area contributed by atoms with Crippen LogP contribution < -0.4 is 41.9 Å². The van der Waals surface area contributed by atoms with E-state index in [0.717, 1.165) is 35.6 Å². The Morgan fingerprint density at radius 1 is 1.20 bits per heavy atom. The average molecular weight is 590 g/mol. The molecule has 2 unspecified atom stereocenters. The molecule has 1 amide bonds. The number of H-pyrrole nitrogens is 1. The predicted molar refractivity (Wildman–Crippen MR) is 132 cm³/mol. The van der Waals surface area contributed by atoms with Crippen LogP contribution in [0.3, 0.4) is 0 Å². The van der Waals surface area contributed by atoms with Crippen LogP contribution in [0.15, 0.2) is 36.7 Å². The molecule has 3 aromatic rings. The van der Waals surface area contributed by atoms with E-state index in [1.807, 2.05) is 12.3 Å². The SMILES string of the molecule is COc1c(F)cccc1Nc1c2[nH]c3c1C(=O)NC[C@H]3[I-]CC(C)C(C)CCNc1cnccc1-2. The number of benzene rings is 1. The number of aromatic amines is 1. The quantitative estimate of drug-likeness (QED) is 0.277. The second kappa shape index (κ2) is 10.0. The van der Waals surface area contributed by atoms with Gasteiger partial charge in [-0.1, -0.05) is 0 Å². The number of amides is 1. The van der Waals surface area contributed by atoms with Crippen LogP contribution in [0.1, 0.15) is 40.2 Å².